The molecule has 0 amide bonds. The van der Waals surface area contributed by atoms with Crippen LogP contribution in [0.15, 0.2) is 23.3 Å². The van der Waals surface area contributed by atoms with Gasteiger partial charge < -0.3 is 14.9 Å². The number of allylic oxidation sites excluding steroid dienone is 2. The average Bonchev–Trinajstić information content (AvgIpc) is 3.30. The summed E-state index contributed by atoms with van der Waals surface area (Å²) >= 11 is 0. The molecule has 24 heavy (non-hydrogen) atoms. The van der Waals surface area contributed by atoms with Crippen molar-refractivity contribution in [3.05, 3.63) is 23.3 Å². The van der Waals surface area contributed by atoms with Crippen molar-refractivity contribution in [2.45, 2.75) is 77.6 Å². The van der Waals surface area contributed by atoms with Crippen molar-refractivity contribution in [3.63, 3.8) is 0 Å². The molecule has 0 aromatic heterocycles. The van der Waals surface area contributed by atoms with E-state index in [9.17, 15) is 15.0 Å². The Labute approximate surface area is 144 Å². The highest BCUT2D eigenvalue weighted by Crippen LogP contribution is 2.62. The van der Waals surface area contributed by atoms with Gasteiger partial charge in [0.2, 0.25) is 0 Å². The second-order valence-corrected chi connectivity index (χ2v) is 8.68. The maximum Gasteiger partial charge on any atom is 0.333 e. The highest BCUT2D eigenvalue weighted by atomic mass is 16.6. The number of carbonyl (C=O) groups is 1. The molecule has 0 bridgehead atoms. The molecule has 2 aliphatic carbocycles. The fraction of sp³-hybridized carbons (Fsp3) is 0.750. The fourth-order valence-corrected chi connectivity index (χ4v) is 4.41. The molecule has 3 aliphatic rings. The highest BCUT2D eigenvalue weighted by Gasteiger charge is 2.58. The molecule has 0 unspecified atom stereocenters. The molecule has 1 saturated heterocycles. The predicted molar refractivity (Wildman–Crippen MR) is 92.6 cm³/mol. The highest BCUT2D eigenvalue weighted by molar-refractivity contribution is 5.87. The quantitative estimate of drug-likeness (QED) is 0.567. The largest absolute Gasteiger partial charge is 0.478 e. The van der Waals surface area contributed by atoms with Crippen LogP contribution in [0.2, 0.25) is 0 Å². The maximum absolute atomic E-state index is 11.6. The van der Waals surface area contributed by atoms with E-state index >= 15 is 0 Å². The number of carboxylic acid groups (broad SMARTS) is 1. The Morgan fingerprint density at radius 3 is 2.67 bits per heavy atom. The molecular formula is C20H30O4. The number of hydrogen-bond acceptors (Lipinski definition) is 3. The zero-order chi connectivity index (χ0) is 17.7. The summed E-state index contributed by atoms with van der Waals surface area (Å²) in [6, 6.07) is 0. The Hall–Kier alpha value is -1.13. The van der Waals surface area contributed by atoms with Crippen LogP contribution in [0.1, 0.15) is 59.8 Å². The number of aliphatic hydroxyl groups is 1. The number of rotatable bonds is 1. The number of fused-ring (bicyclic) bond motifs is 2. The zero-order valence-electron chi connectivity index (χ0n) is 15.2. The minimum atomic E-state index is -1.00. The lowest BCUT2D eigenvalue weighted by atomic mass is 9.93. The summed E-state index contributed by atoms with van der Waals surface area (Å²) in [7, 11) is 0. The molecule has 1 saturated carbocycles. The van der Waals surface area contributed by atoms with E-state index in [2.05, 4.69) is 20.8 Å². The van der Waals surface area contributed by atoms with Gasteiger partial charge in [-0.2, -0.15) is 0 Å². The van der Waals surface area contributed by atoms with E-state index in [1.165, 1.54) is 5.57 Å². The lowest BCUT2D eigenvalue weighted by molar-refractivity contribution is -0.133. The normalized spacial score (nSPS) is 46.2. The van der Waals surface area contributed by atoms with Crippen molar-refractivity contribution in [1.29, 1.82) is 0 Å². The summed E-state index contributed by atoms with van der Waals surface area (Å²) < 4.78 is 5.96. The molecule has 4 heteroatoms. The Balaban J connectivity index is 1.84. The van der Waals surface area contributed by atoms with Crippen LogP contribution in [-0.4, -0.2) is 34.0 Å². The molecule has 0 spiro atoms. The van der Waals surface area contributed by atoms with Gasteiger partial charge in [-0.25, -0.2) is 4.79 Å². The zero-order valence-corrected chi connectivity index (χ0v) is 15.2. The van der Waals surface area contributed by atoms with Crippen molar-refractivity contribution in [2.75, 3.05) is 0 Å². The first kappa shape index (κ1) is 17.7. The standard InChI is InChI=1S/C20H30O4/c1-12-5-7-16(21)13(18(22)23)11-15-14(19(15,2)3)9-10-20(4)17(24-20)8-6-12/h5,11,14-17,21H,6-10H2,1-4H3,(H,22,23)/b12-5-,13-11+/t14-,15-,16+,17-,20-/m1/s1. The van der Waals surface area contributed by atoms with E-state index in [0.717, 1.165) is 25.7 Å². The van der Waals surface area contributed by atoms with Gasteiger partial charge in [0, 0.05) is 0 Å². The van der Waals surface area contributed by atoms with Gasteiger partial charge in [-0.3, -0.25) is 0 Å². The molecular weight excluding hydrogens is 304 g/mol. The third kappa shape index (κ3) is 3.31. The van der Waals surface area contributed by atoms with E-state index in [1.54, 1.807) is 0 Å². The first-order chi connectivity index (χ1) is 11.1. The third-order valence-corrected chi connectivity index (χ3v) is 6.58. The van der Waals surface area contributed by atoms with Gasteiger partial charge in [0.1, 0.15) is 0 Å². The van der Waals surface area contributed by atoms with Gasteiger partial charge in [0.05, 0.1) is 23.4 Å². The smallest absolute Gasteiger partial charge is 0.333 e. The molecule has 5 atom stereocenters. The van der Waals surface area contributed by atoms with Crippen LogP contribution < -0.4 is 0 Å². The third-order valence-electron chi connectivity index (χ3n) is 6.58. The van der Waals surface area contributed by atoms with Crippen molar-refractivity contribution in [2.24, 2.45) is 17.3 Å². The summed E-state index contributed by atoms with van der Waals surface area (Å²) in [6.07, 6.45) is 7.61. The SMILES string of the molecule is C/C1=C/C[C@H](O)/C(C(=O)O)=C\[C@@H]2[C@@H](CC[C@@]3(C)O[C@@H]3CC1)C2(C)C. The van der Waals surface area contributed by atoms with Gasteiger partial charge >= 0.3 is 5.97 Å². The van der Waals surface area contributed by atoms with Gasteiger partial charge in [0.15, 0.2) is 0 Å². The lowest BCUT2D eigenvalue weighted by Crippen LogP contribution is -2.18. The molecule has 0 aromatic carbocycles. The van der Waals surface area contributed by atoms with E-state index < -0.39 is 12.1 Å². The van der Waals surface area contributed by atoms with E-state index in [-0.39, 0.29) is 22.5 Å². The Bertz CT molecular complexity index is 588. The van der Waals surface area contributed by atoms with Crippen LogP contribution in [0.3, 0.4) is 0 Å². The van der Waals surface area contributed by atoms with Gasteiger partial charge in [-0.1, -0.05) is 31.6 Å². The van der Waals surface area contributed by atoms with Crippen molar-refractivity contribution in [3.8, 4) is 0 Å². The number of hydrogen-bond donors (Lipinski definition) is 2. The van der Waals surface area contributed by atoms with Crippen LogP contribution in [0, 0.1) is 17.3 Å². The first-order valence-corrected chi connectivity index (χ1v) is 9.11. The van der Waals surface area contributed by atoms with Gasteiger partial charge in [0.25, 0.3) is 0 Å². The summed E-state index contributed by atoms with van der Waals surface area (Å²) in [6.45, 7) is 8.64. The predicted octanol–water partition coefficient (Wildman–Crippen LogP) is 3.70. The van der Waals surface area contributed by atoms with Crippen LogP contribution in [0.5, 0.6) is 0 Å². The lowest BCUT2D eigenvalue weighted by Gasteiger charge is -2.11. The summed E-state index contributed by atoms with van der Waals surface area (Å²) in [4.78, 5) is 11.6. The molecule has 3 rings (SSSR count). The average molecular weight is 334 g/mol. The van der Waals surface area contributed by atoms with E-state index in [4.69, 9.17) is 4.74 Å². The van der Waals surface area contributed by atoms with Crippen molar-refractivity contribution < 1.29 is 19.7 Å². The van der Waals surface area contributed by atoms with Crippen molar-refractivity contribution in [1.82, 2.24) is 0 Å². The second kappa shape index (κ2) is 5.99. The Kier molecular flexibility index (Phi) is 4.42. The topological polar surface area (TPSA) is 70.1 Å². The fourth-order valence-electron chi connectivity index (χ4n) is 4.41. The van der Waals surface area contributed by atoms with Crippen LogP contribution >= 0.6 is 0 Å². The Morgan fingerprint density at radius 1 is 1.29 bits per heavy atom. The number of epoxide rings is 1. The number of aliphatic hydroxyl groups excluding tert-OH is 1. The second-order valence-electron chi connectivity index (χ2n) is 8.68. The molecule has 2 N–H and O–H groups in total. The van der Waals surface area contributed by atoms with E-state index in [1.807, 2.05) is 19.1 Å². The van der Waals surface area contributed by atoms with Crippen LogP contribution in [-0.2, 0) is 9.53 Å². The van der Waals surface area contributed by atoms with Gasteiger partial charge in [-0.15, -0.1) is 0 Å². The molecule has 134 valence electrons. The minimum absolute atomic E-state index is 0.00642. The maximum atomic E-state index is 11.6. The minimum Gasteiger partial charge on any atom is -0.478 e. The molecule has 4 nitrogen and oxygen atoms in total. The summed E-state index contributed by atoms with van der Waals surface area (Å²) in [5.74, 6) is -0.298. The summed E-state index contributed by atoms with van der Waals surface area (Å²) in [5.41, 5.74) is 1.46. The first-order valence-electron chi connectivity index (χ1n) is 9.11. The van der Waals surface area contributed by atoms with Crippen LogP contribution in [0.4, 0.5) is 0 Å². The molecule has 0 aromatic rings. The van der Waals surface area contributed by atoms with Gasteiger partial charge in [-0.05, 0) is 63.2 Å². The number of aliphatic carboxylic acids is 1. The Morgan fingerprint density at radius 2 is 2.00 bits per heavy atom. The molecule has 2 fully saturated rings. The molecule has 0 radical (unpaired) electrons. The number of ether oxygens (including phenoxy) is 1. The van der Waals surface area contributed by atoms with E-state index in [0.29, 0.717) is 18.4 Å². The monoisotopic (exact) mass is 334 g/mol. The number of carboxylic acids is 1. The summed E-state index contributed by atoms with van der Waals surface area (Å²) in [5, 5.41) is 19.9. The van der Waals surface area contributed by atoms with Crippen LogP contribution in [0.25, 0.3) is 0 Å². The van der Waals surface area contributed by atoms with Crippen molar-refractivity contribution >= 4 is 5.97 Å². The molecule has 1 heterocycles. The molecule has 1 aliphatic heterocycles.